The van der Waals surface area contributed by atoms with E-state index in [2.05, 4.69) is 5.32 Å². The minimum Gasteiger partial charge on any atom is -0.394 e. The molecule has 0 unspecified atom stereocenters. The third kappa shape index (κ3) is 5.01. The molecule has 11 heteroatoms. The van der Waals surface area contributed by atoms with Crippen molar-refractivity contribution in [2.24, 2.45) is 0 Å². The topological polar surface area (TPSA) is 181 Å². The summed E-state index contributed by atoms with van der Waals surface area (Å²) in [4.78, 5) is 0. The molecule has 0 aliphatic carbocycles. The van der Waals surface area contributed by atoms with Crippen molar-refractivity contribution < 1.29 is 50.0 Å². The Morgan fingerprint density at radius 3 is 2.10 bits per heavy atom. The third-order valence-corrected chi connectivity index (χ3v) is 5.82. The molecule has 11 nitrogen and oxygen atoms in total. The number of anilines is 1. The molecule has 2 saturated heterocycles. The maximum atomic E-state index is 10.6. The Hall–Kier alpha value is -1.38. The highest BCUT2D eigenvalue weighted by molar-refractivity contribution is 5.48. The maximum absolute atomic E-state index is 10.6. The van der Waals surface area contributed by atoms with Gasteiger partial charge >= 0.3 is 0 Å². The van der Waals surface area contributed by atoms with Crippen LogP contribution >= 0.6 is 0 Å². The molecule has 0 spiro atoms. The molecule has 8 N–H and O–H groups in total. The molecule has 1 aromatic carbocycles. The van der Waals surface area contributed by atoms with E-state index < -0.39 is 74.6 Å². The average molecular weight is 445 g/mol. The fourth-order valence-corrected chi connectivity index (χ4v) is 3.70. The van der Waals surface area contributed by atoms with Gasteiger partial charge in [0.05, 0.1) is 13.2 Å². The van der Waals surface area contributed by atoms with E-state index in [1.54, 1.807) is 6.07 Å². The molecule has 31 heavy (non-hydrogen) atoms. The second kappa shape index (κ2) is 10.0. The lowest BCUT2D eigenvalue weighted by molar-refractivity contribution is -0.340. The van der Waals surface area contributed by atoms with Gasteiger partial charge in [0.25, 0.3) is 0 Å². The zero-order valence-electron chi connectivity index (χ0n) is 17.3. The van der Waals surface area contributed by atoms with E-state index in [0.717, 1.165) is 11.1 Å². The Morgan fingerprint density at radius 1 is 0.806 bits per heavy atom. The smallest absolute Gasteiger partial charge is 0.187 e. The van der Waals surface area contributed by atoms with Crippen LogP contribution in [0, 0.1) is 13.8 Å². The first-order chi connectivity index (χ1) is 14.7. The minimum absolute atomic E-state index is 0.586. The van der Waals surface area contributed by atoms with E-state index in [4.69, 9.17) is 14.2 Å². The highest BCUT2D eigenvalue weighted by Gasteiger charge is 2.50. The molecule has 2 heterocycles. The van der Waals surface area contributed by atoms with Crippen LogP contribution in [0.25, 0.3) is 0 Å². The summed E-state index contributed by atoms with van der Waals surface area (Å²) in [5, 5.41) is 73.2. The van der Waals surface area contributed by atoms with Crippen molar-refractivity contribution >= 4 is 5.69 Å². The Bertz CT molecular complexity index is 732. The first kappa shape index (κ1) is 24.3. The summed E-state index contributed by atoms with van der Waals surface area (Å²) in [7, 11) is 0. The van der Waals surface area contributed by atoms with Gasteiger partial charge in [-0.2, -0.15) is 0 Å². The first-order valence-electron chi connectivity index (χ1n) is 10.1. The molecule has 10 atom stereocenters. The number of aryl methyl sites for hydroxylation is 2. The number of benzene rings is 1. The zero-order valence-corrected chi connectivity index (χ0v) is 17.3. The van der Waals surface area contributed by atoms with Crippen LogP contribution in [0.15, 0.2) is 18.2 Å². The van der Waals surface area contributed by atoms with E-state index in [-0.39, 0.29) is 0 Å². The van der Waals surface area contributed by atoms with Crippen LogP contribution in [0.3, 0.4) is 0 Å². The summed E-state index contributed by atoms with van der Waals surface area (Å²) in [6.07, 6.45) is -14.2. The summed E-state index contributed by atoms with van der Waals surface area (Å²) in [5.41, 5.74) is 2.74. The summed E-state index contributed by atoms with van der Waals surface area (Å²) in [6.45, 7) is 2.64. The van der Waals surface area contributed by atoms with Gasteiger partial charge in [0.2, 0.25) is 0 Å². The fourth-order valence-electron chi connectivity index (χ4n) is 3.70. The largest absolute Gasteiger partial charge is 0.394 e. The minimum atomic E-state index is -1.70. The summed E-state index contributed by atoms with van der Waals surface area (Å²) in [6, 6.07) is 5.52. The molecule has 3 rings (SSSR count). The SMILES string of the molecule is Cc1ccc(N[C@@H]2O[C@@H](CO)[C@@H](O[C@H]3O[C@@H](CO)[C@@H](O)[C@@H](O)[C@H]3O)[C@@H](O)[C@H]2O)cc1C. The van der Waals surface area contributed by atoms with Gasteiger partial charge in [-0.05, 0) is 37.1 Å². The molecule has 0 radical (unpaired) electrons. The molecule has 0 aromatic heterocycles. The summed E-state index contributed by atoms with van der Waals surface area (Å²) < 4.78 is 16.5. The first-order valence-corrected chi connectivity index (χ1v) is 10.1. The predicted molar refractivity (Wildman–Crippen MR) is 106 cm³/mol. The standard InChI is InChI=1S/C20H31NO10/c1-8-3-4-10(5-9(8)2)21-19-16(27)15(26)18(12(7-23)29-19)31-20-17(28)14(25)13(24)11(6-22)30-20/h3-5,11-28H,6-7H2,1-2H3/t11-,12-,13+,14+,15-,16+,17+,18+,19+,20+/m0/s1. The maximum Gasteiger partial charge on any atom is 0.187 e. The van der Waals surface area contributed by atoms with Crippen molar-refractivity contribution in [3.63, 3.8) is 0 Å². The van der Waals surface area contributed by atoms with Crippen LogP contribution in [0.4, 0.5) is 5.69 Å². The Kier molecular flexibility index (Phi) is 7.86. The van der Waals surface area contributed by atoms with Crippen LogP contribution in [-0.2, 0) is 14.2 Å². The Morgan fingerprint density at radius 2 is 1.48 bits per heavy atom. The van der Waals surface area contributed by atoms with E-state index in [1.807, 2.05) is 26.0 Å². The van der Waals surface area contributed by atoms with E-state index in [9.17, 15) is 35.7 Å². The van der Waals surface area contributed by atoms with Gasteiger partial charge in [0.15, 0.2) is 12.5 Å². The second-order valence-corrected chi connectivity index (χ2v) is 8.00. The van der Waals surface area contributed by atoms with Gasteiger partial charge in [-0.15, -0.1) is 0 Å². The van der Waals surface area contributed by atoms with Crippen LogP contribution in [0.5, 0.6) is 0 Å². The third-order valence-electron chi connectivity index (χ3n) is 5.82. The number of rotatable bonds is 6. The van der Waals surface area contributed by atoms with E-state index in [0.29, 0.717) is 5.69 Å². The fraction of sp³-hybridized carbons (Fsp3) is 0.700. The van der Waals surface area contributed by atoms with Crippen molar-refractivity contribution in [1.82, 2.24) is 0 Å². The number of aliphatic hydroxyl groups is 7. The van der Waals surface area contributed by atoms with E-state index in [1.165, 1.54) is 0 Å². The summed E-state index contributed by atoms with van der Waals surface area (Å²) >= 11 is 0. The lowest BCUT2D eigenvalue weighted by Crippen LogP contribution is -2.65. The molecule has 176 valence electrons. The van der Waals surface area contributed by atoms with Crippen LogP contribution in [0.2, 0.25) is 0 Å². The molecule has 0 amide bonds. The van der Waals surface area contributed by atoms with Gasteiger partial charge in [0, 0.05) is 5.69 Å². The Balaban J connectivity index is 1.72. The van der Waals surface area contributed by atoms with Gasteiger partial charge < -0.3 is 55.3 Å². The van der Waals surface area contributed by atoms with Crippen molar-refractivity contribution in [3.8, 4) is 0 Å². The zero-order chi connectivity index (χ0) is 22.9. The lowest BCUT2D eigenvalue weighted by atomic mass is 9.96. The summed E-state index contributed by atoms with van der Waals surface area (Å²) in [5.74, 6) is 0. The monoisotopic (exact) mass is 445 g/mol. The van der Waals surface area contributed by atoms with Gasteiger partial charge in [-0.25, -0.2) is 0 Å². The van der Waals surface area contributed by atoms with Crippen molar-refractivity contribution in [2.75, 3.05) is 18.5 Å². The molecule has 0 bridgehead atoms. The predicted octanol–water partition coefficient (Wildman–Crippen LogP) is -2.66. The molecular formula is C20H31NO10. The molecule has 2 aliphatic rings. The molecule has 2 aliphatic heterocycles. The van der Waals surface area contributed by atoms with Gasteiger partial charge in [0.1, 0.15) is 48.8 Å². The normalized spacial score (nSPS) is 41.2. The molecule has 0 saturated carbocycles. The van der Waals surface area contributed by atoms with Crippen molar-refractivity contribution in [2.45, 2.75) is 75.2 Å². The second-order valence-electron chi connectivity index (χ2n) is 8.00. The van der Waals surface area contributed by atoms with Gasteiger partial charge in [-0.1, -0.05) is 6.07 Å². The van der Waals surface area contributed by atoms with Crippen molar-refractivity contribution in [3.05, 3.63) is 29.3 Å². The number of aliphatic hydroxyl groups excluding tert-OH is 7. The number of hydrogen-bond acceptors (Lipinski definition) is 11. The van der Waals surface area contributed by atoms with Crippen LogP contribution in [0.1, 0.15) is 11.1 Å². The highest BCUT2D eigenvalue weighted by Crippen LogP contribution is 2.30. The number of hydrogen-bond donors (Lipinski definition) is 8. The molecule has 2 fully saturated rings. The molecular weight excluding hydrogens is 414 g/mol. The quantitative estimate of drug-likeness (QED) is 0.229. The number of ether oxygens (including phenoxy) is 3. The van der Waals surface area contributed by atoms with Crippen molar-refractivity contribution in [1.29, 1.82) is 0 Å². The van der Waals surface area contributed by atoms with Crippen LogP contribution < -0.4 is 5.32 Å². The highest BCUT2D eigenvalue weighted by atomic mass is 16.7. The molecule has 1 aromatic rings. The van der Waals surface area contributed by atoms with E-state index >= 15 is 0 Å². The Labute approximate surface area is 179 Å². The average Bonchev–Trinajstić information content (AvgIpc) is 2.75. The van der Waals surface area contributed by atoms with Crippen LogP contribution in [-0.4, -0.2) is 110 Å². The lowest BCUT2D eigenvalue weighted by Gasteiger charge is -2.46. The number of nitrogens with one attached hydrogen (secondary N) is 1. The van der Waals surface area contributed by atoms with Gasteiger partial charge in [-0.3, -0.25) is 0 Å².